The van der Waals surface area contributed by atoms with Gasteiger partial charge in [0.05, 0.1) is 6.61 Å². The van der Waals surface area contributed by atoms with Gasteiger partial charge in [-0.1, -0.05) is 59.8 Å². The standard InChI is InChI=1S/C16H34O2/c1-14(2)8-6-9-15(3)10-7-11-16(4)12-18-13-17-5/h14-16H,6-13H2,1-5H3/t15-,16-/m1/s1. The number of hydrogen-bond acceptors (Lipinski definition) is 2. The SMILES string of the molecule is COCOC[C@H](C)CCC[C@H](C)CCCC(C)C. The normalized spacial score (nSPS) is 15.0. The van der Waals surface area contributed by atoms with Crippen LogP contribution in [-0.2, 0) is 9.47 Å². The van der Waals surface area contributed by atoms with Crippen LogP contribution in [-0.4, -0.2) is 20.5 Å². The van der Waals surface area contributed by atoms with Crippen molar-refractivity contribution < 1.29 is 9.47 Å². The molecule has 110 valence electrons. The Labute approximate surface area is 114 Å². The fourth-order valence-electron chi connectivity index (χ4n) is 2.25. The lowest BCUT2D eigenvalue weighted by molar-refractivity contribution is -0.0424. The maximum absolute atomic E-state index is 5.37. The average molecular weight is 258 g/mol. The molecule has 0 saturated heterocycles. The van der Waals surface area contributed by atoms with Crippen molar-refractivity contribution in [1.29, 1.82) is 0 Å². The van der Waals surface area contributed by atoms with Gasteiger partial charge in [0.25, 0.3) is 0 Å². The van der Waals surface area contributed by atoms with Gasteiger partial charge in [-0.15, -0.1) is 0 Å². The van der Waals surface area contributed by atoms with Crippen molar-refractivity contribution in [3.63, 3.8) is 0 Å². The highest BCUT2D eigenvalue weighted by Crippen LogP contribution is 2.19. The molecule has 0 bridgehead atoms. The third-order valence-electron chi connectivity index (χ3n) is 3.48. The smallest absolute Gasteiger partial charge is 0.146 e. The highest BCUT2D eigenvalue weighted by molar-refractivity contribution is 4.58. The largest absolute Gasteiger partial charge is 0.359 e. The molecule has 0 heterocycles. The number of rotatable bonds is 12. The number of ether oxygens (including phenoxy) is 2. The van der Waals surface area contributed by atoms with E-state index in [1.54, 1.807) is 7.11 Å². The fraction of sp³-hybridized carbons (Fsp3) is 1.00. The third-order valence-corrected chi connectivity index (χ3v) is 3.48. The zero-order chi connectivity index (χ0) is 13.8. The molecule has 0 aromatic rings. The number of hydrogen-bond donors (Lipinski definition) is 0. The van der Waals surface area contributed by atoms with Gasteiger partial charge in [0, 0.05) is 7.11 Å². The molecule has 0 aromatic heterocycles. The van der Waals surface area contributed by atoms with Crippen LogP contribution in [0, 0.1) is 17.8 Å². The summed E-state index contributed by atoms with van der Waals surface area (Å²) in [5.41, 5.74) is 0. The van der Waals surface area contributed by atoms with Crippen molar-refractivity contribution in [2.45, 2.75) is 66.2 Å². The Morgan fingerprint density at radius 2 is 1.33 bits per heavy atom. The molecule has 18 heavy (non-hydrogen) atoms. The number of methoxy groups -OCH3 is 1. The summed E-state index contributed by atoms with van der Waals surface area (Å²) < 4.78 is 10.2. The van der Waals surface area contributed by atoms with Gasteiger partial charge >= 0.3 is 0 Å². The van der Waals surface area contributed by atoms with Gasteiger partial charge in [-0.3, -0.25) is 0 Å². The summed E-state index contributed by atoms with van der Waals surface area (Å²) in [7, 11) is 1.67. The minimum atomic E-state index is 0.427. The first-order valence-electron chi connectivity index (χ1n) is 7.62. The Morgan fingerprint density at radius 3 is 1.89 bits per heavy atom. The summed E-state index contributed by atoms with van der Waals surface area (Å²) in [6.07, 6.45) is 8.15. The van der Waals surface area contributed by atoms with Crippen LogP contribution in [0.2, 0.25) is 0 Å². The lowest BCUT2D eigenvalue weighted by atomic mass is 9.94. The lowest BCUT2D eigenvalue weighted by Crippen LogP contribution is -2.08. The Bertz CT molecular complexity index is 168. The van der Waals surface area contributed by atoms with E-state index in [9.17, 15) is 0 Å². The van der Waals surface area contributed by atoms with E-state index in [1.165, 1.54) is 38.5 Å². The lowest BCUT2D eigenvalue weighted by Gasteiger charge is -2.15. The first-order chi connectivity index (χ1) is 8.56. The second-order valence-electron chi connectivity index (χ2n) is 6.24. The summed E-state index contributed by atoms with van der Waals surface area (Å²) in [5, 5.41) is 0. The second-order valence-corrected chi connectivity index (χ2v) is 6.24. The van der Waals surface area contributed by atoms with Gasteiger partial charge in [0.2, 0.25) is 0 Å². The van der Waals surface area contributed by atoms with Crippen molar-refractivity contribution in [1.82, 2.24) is 0 Å². The van der Waals surface area contributed by atoms with Gasteiger partial charge < -0.3 is 9.47 Å². The van der Waals surface area contributed by atoms with E-state index < -0.39 is 0 Å². The van der Waals surface area contributed by atoms with E-state index in [-0.39, 0.29) is 0 Å². The first-order valence-corrected chi connectivity index (χ1v) is 7.62. The Balaban J connectivity index is 3.35. The predicted octanol–water partition coefficient (Wildman–Crippen LogP) is 4.88. The topological polar surface area (TPSA) is 18.5 Å². The van der Waals surface area contributed by atoms with Gasteiger partial charge in [-0.05, 0) is 24.2 Å². The van der Waals surface area contributed by atoms with Gasteiger partial charge in [-0.2, -0.15) is 0 Å². The summed E-state index contributed by atoms with van der Waals surface area (Å²) in [6.45, 7) is 10.5. The van der Waals surface area contributed by atoms with E-state index >= 15 is 0 Å². The molecule has 2 atom stereocenters. The molecule has 0 unspecified atom stereocenters. The van der Waals surface area contributed by atoms with Crippen LogP contribution >= 0.6 is 0 Å². The molecule has 0 amide bonds. The van der Waals surface area contributed by atoms with E-state index in [4.69, 9.17) is 9.47 Å². The van der Waals surface area contributed by atoms with Gasteiger partial charge in [0.15, 0.2) is 0 Å². The molecular formula is C16H34O2. The molecule has 2 nitrogen and oxygen atoms in total. The van der Waals surface area contributed by atoms with E-state index in [0.29, 0.717) is 12.7 Å². The maximum atomic E-state index is 5.37. The van der Waals surface area contributed by atoms with Crippen molar-refractivity contribution in [3.8, 4) is 0 Å². The van der Waals surface area contributed by atoms with E-state index in [1.807, 2.05) is 0 Å². The van der Waals surface area contributed by atoms with Crippen LogP contribution in [0.5, 0.6) is 0 Å². The summed E-state index contributed by atoms with van der Waals surface area (Å²) in [6, 6.07) is 0. The van der Waals surface area contributed by atoms with Crippen molar-refractivity contribution in [2.75, 3.05) is 20.5 Å². The molecule has 0 saturated carbocycles. The molecule has 0 aliphatic heterocycles. The Morgan fingerprint density at radius 1 is 0.778 bits per heavy atom. The van der Waals surface area contributed by atoms with Crippen molar-refractivity contribution in [2.24, 2.45) is 17.8 Å². The minimum Gasteiger partial charge on any atom is -0.359 e. The third kappa shape index (κ3) is 12.4. The molecular weight excluding hydrogens is 224 g/mol. The highest BCUT2D eigenvalue weighted by atomic mass is 16.7. The Hall–Kier alpha value is -0.0800. The second kappa shape index (κ2) is 12.0. The van der Waals surface area contributed by atoms with Crippen LogP contribution in [0.25, 0.3) is 0 Å². The zero-order valence-electron chi connectivity index (χ0n) is 13.2. The quantitative estimate of drug-likeness (QED) is 0.367. The molecule has 0 spiro atoms. The summed E-state index contributed by atoms with van der Waals surface area (Å²) in [4.78, 5) is 0. The van der Waals surface area contributed by atoms with E-state index in [2.05, 4.69) is 27.7 Å². The molecule has 0 radical (unpaired) electrons. The molecule has 2 heteroatoms. The summed E-state index contributed by atoms with van der Waals surface area (Å²) >= 11 is 0. The Kier molecular flexibility index (Phi) is 11.9. The van der Waals surface area contributed by atoms with Crippen molar-refractivity contribution >= 4 is 0 Å². The molecule has 0 aliphatic carbocycles. The van der Waals surface area contributed by atoms with Crippen LogP contribution in [0.4, 0.5) is 0 Å². The highest BCUT2D eigenvalue weighted by Gasteiger charge is 2.06. The molecule has 0 N–H and O–H groups in total. The zero-order valence-corrected chi connectivity index (χ0v) is 13.2. The van der Waals surface area contributed by atoms with Crippen molar-refractivity contribution in [3.05, 3.63) is 0 Å². The van der Waals surface area contributed by atoms with Crippen LogP contribution < -0.4 is 0 Å². The van der Waals surface area contributed by atoms with Gasteiger partial charge in [-0.25, -0.2) is 0 Å². The first kappa shape index (κ1) is 17.9. The average Bonchev–Trinajstić information content (AvgIpc) is 2.29. The fourth-order valence-corrected chi connectivity index (χ4v) is 2.25. The van der Waals surface area contributed by atoms with Crippen LogP contribution in [0.1, 0.15) is 66.2 Å². The summed E-state index contributed by atoms with van der Waals surface area (Å²) in [5.74, 6) is 2.40. The van der Waals surface area contributed by atoms with Crippen LogP contribution in [0.3, 0.4) is 0 Å². The molecule has 0 aliphatic rings. The monoisotopic (exact) mass is 258 g/mol. The minimum absolute atomic E-state index is 0.427. The molecule has 0 rings (SSSR count). The maximum Gasteiger partial charge on any atom is 0.146 e. The molecule has 0 aromatic carbocycles. The predicted molar refractivity (Wildman–Crippen MR) is 78.7 cm³/mol. The van der Waals surface area contributed by atoms with Gasteiger partial charge in [0.1, 0.15) is 6.79 Å². The molecule has 0 fully saturated rings. The van der Waals surface area contributed by atoms with E-state index in [0.717, 1.165) is 18.4 Å². The van der Waals surface area contributed by atoms with Crippen LogP contribution in [0.15, 0.2) is 0 Å².